The monoisotopic (exact) mass is 274 g/mol. The zero-order chi connectivity index (χ0) is 13.6. The molecule has 1 aliphatic rings. The molecule has 1 amide bonds. The molecule has 1 aliphatic carbocycles. The number of hydrogen-bond donors (Lipinski definition) is 3. The molecule has 0 heterocycles. The highest BCUT2D eigenvalue weighted by molar-refractivity contribution is 8.00. The highest BCUT2D eigenvalue weighted by atomic mass is 32.2. The predicted molar refractivity (Wildman–Crippen MR) is 72.8 cm³/mol. The number of rotatable bonds is 9. The third kappa shape index (κ3) is 3.88. The quantitative estimate of drug-likeness (QED) is 0.577. The Morgan fingerprint density at radius 1 is 1.44 bits per heavy atom. The van der Waals surface area contributed by atoms with E-state index < -0.39 is 11.5 Å². The molecule has 0 aromatic heterocycles. The van der Waals surface area contributed by atoms with Crippen molar-refractivity contribution in [3.63, 3.8) is 0 Å². The molecule has 6 heteroatoms. The van der Waals surface area contributed by atoms with Crippen LogP contribution < -0.4 is 10.6 Å². The van der Waals surface area contributed by atoms with Crippen LogP contribution in [0.1, 0.15) is 26.2 Å². The van der Waals surface area contributed by atoms with E-state index in [9.17, 15) is 14.7 Å². The normalized spacial score (nSPS) is 18.1. The van der Waals surface area contributed by atoms with Gasteiger partial charge in [0.15, 0.2) is 0 Å². The first-order chi connectivity index (χ1) is 8.56. The van der Waals surface area contributed by atoms with Crippen LogP contribution in [-0.2, 0) is 9.59 Å². The second kappa shape index (κ2) is 6.99. The second-order valence-corrected chi connectivity index (χ2v) is 5.63. The average molecular weight is 274 g/mol. The van der Waals surface area contributed by atoms with E-state index in [0.717, 1.165) is 19.3 Å². The number of carboxylic acids is 1. The first-order valence-electron chi connectivity index (χ1n) is 6.33. The Bertz CT molecular complexity index is 308. The van der Waals surface area contributed by atoms with Crippen molar-refractivity contribution in [2.45, 2.75) is 31.7 Å². The smallest absolute Gasteiger partial charge is 0.325 e. The van der Waals surface area contributed by atoms with E-state index in [1.54, 1.807) is 7.05 Å². The van der Waals surface area contributed by atoms with Crippen LogP contribution >= 0.6 is 11.8 Å². The average Bonchev–Trinajstić information content (AvgIpc) is 3.17. The number of nitrogens with one attached hydrogen (secondary N) is 2. The minimum Gasteiger partial charge on any atom is -0.480 e. The van der Waals surface area contributed by atoms with Gasteiger partial charge in [0.05, 0.1) is 5.75 Å². The zero-order valence-corrected chi connectivity index (χ0v) is 11.8. The number of carbonyl (C=O) groups is 2. The fourth-order valence-corrected chi connectivity index (χ4v) is 3.14. The van der Waals surface area contributed by atoms with E-state index in [4.69, 9.17) is 0 Å². The lowest BCUT2D eigenvalue weighted by Crippen LogP contribution is -2.56. The molecule has 0 aromatic rings. The van der Waals surface area contributed by atoms with Crippen LogP contribution in [0.25, 0.3) is 0 Å². The summed E-state index contributed by atoms with van der Waals surface area (Å²) >= 11 is 1.38. The van der Waals surface area contributed by atoms with Crippen molar-refractivity contribution in [2.75, 3.05) is 25.1 Å². The van der Waals surface area contributed by atoms with Crippen LogP contribution in [0.5, 0.6) is 0 Å². The molecule has 0 bridgehead atoms. The lowest BCUT2D eigenvalue weighted by molar-refractivity contribution is -0.144. The third-order valence-electron chi connectivity index (χ3n) is 3.19. The van der Waals surface area contributed by atoms with E-state index >= 15 is 0 Å². The van der Waals surface area contributed by atoms with Gasteiger partial charge in [-0.05, 0) is 31.7 Å². The molecule has 0 aliphatic heterocycles. The van der Waals surface area contributed by atoms with Gasteiger partial charge < -0.3 is 15.7 Å². The highest BCUT2D eigenvalue weighted by Crippen LogP contribution is 2.41. The summed E-state index contributed by atoms with van der Waals surface area (Å²) in [6.45, 7) is 2.72. The Kier molecular flexibility index (Phi) is 5.95. The van der Waals surface area contributed by atoms with Gasteiger partial charge in [-0.25, -0.2) is 0 Å². The number of carboxylic acid groups (broad SMARTS) is 1. The summed E-state index contributed by atoms with van der Waals surface area (Å²) in [6, 6.07) is 0. The Labute approximate surface area is 112 Å². The fraction of sp³-hybridized carbons (Fsp3) is 0.833. The molecule has 1 rings (SSSR count). The van der Waals surface area contributed by atoms with E-state index in [1.807, 2.05) is 6.92 Å². The molecule has 1 fully saturated rings. The zero-order valence-electron chi connectivity index (χ0n) is 11.0. The van der Waals surface area contributed by atoms with Crippen molar-refractivity contribution in [2.24, 2.45) is 5.92 Å². The van der Waals surface area contributed by atoms with Gasteiger partial charge in [0.2, 0.25) is 5.91 Å². The van der Waals surface area contributed by atoms with Gasteiger partial charge in [-0.2, -0.15) is 0 Å². The lowest BCUT2D eigenvalue weighted by Gasteiger charge is -2.30. The molecule has 3 N–H and O–H groups in total. The lowest BCUT2D eigenvalue weighted by atomic mass is 9.95. The van der Waals surface area contributed by atoms with Gasteiger partial charge in [-0.1, -0.05) is 6.92 Å². The predicted octanol–water partition coefficient (Wildman–Crippen LogP) is 0.699. The van der Waals surface area contributed by atoms with Gasteiger partial charge in [0.1, 0.15) is 5.54 Å². The van der Waals surface area contributed by atoms with Gasteiger partial charge in [-0.3, -0.25) is 9.59 Å². The SMILES string of the molecule is CCCNC(CSCC(=O)NC)(C(=O)O)C1CC1. The fourth-order valence-electron chi connectivity index (χ4n) is 1.93. The van der Waals surface area contributed by atoms with Crippen LogP contribution in [0.2, 0.25) is 0 Å². The summed E-state index contributed by atoms with van der Waals surface area (Å²) in [5.41, 5.74) is -0.852. The molecule has 0 saturated heterocycles. The molecule has 104 valence electrons. The van der Waals surface area contributed by atoms with Crippen molar-refractivity contribution in [3.05, 3.63) is 0 Å². The number of amides is 1. The van der Waals surface area contributed by atoms with Crippen molar-refractivity contribution >= 4 is 23.6 Å². The Hall–Kier alpha value is -0.750. The Morgan fingerprint density at radius 3 is 2.56 bits per heavy atom. The largest absolute Gasteiger partial charge is 0.480 e. The van der Waals surface area contributed by atoms with Gasteiger partial charge >= 0.3 is 5.97 Å². The van der Waals surface area contributed by atoms with Crippen LogP contribution in [0.3, 0.4) is 0 Å². The topological polar surface area (TPSA) is 78.4 Å². The maximum atomic E-state index is 11.6. The standard InChI is InChI=1S/C12H22N2O3S/c1-3-6-14-12(11(16)17,9-4-5-9)8-18-7-10(15)13-2/h9,14H,3-8H2,1-2H3,(H,13,15)(H,16,17). The van der Waals surface area contributed by atoms with Crippen molar-refractivity contribution in [3.8, 4) is 0 Å². The maximum Gasteiger partial charge on any atom is 0.325 e. The molecule has 18 heavy (non-hydrogen) atoms. The van der Waals surface area contributed by atoms with Crippen molar-refractivity contribution < 1.29 is 14.7 Å². The van der Waals surface area contributed by atoms with Gasteiger partial charge in [0.25, 0.3) is 0 Å². The molecule has 0 radical (unpaired) electrons. The molecule has 1 unspecified atom stereocenters. The molecule has 0 spiro atoms. The van der Waals surface area contributed by atoms with Gasteiger partial charge in [0, 0.05) is 12.8 Å². The van der Waals surface area contributed by atoms with Crippen molar-refractivity contribution in [1.29, 1.82) is 0 Å². The summed E-state index contributed by atoms with van der Waals surface area (Å²) in [5, 5.41) is 15.2. The molecule has 5 nitrogen and oxygen atoms in total. The maximum absolute atomic E-state index is 11.6. The first kappa shape index (κ1) is 15.3. The van der Waals surface area contributed by atoms with E-state index in [2.05, 4.69) is 10.6 Å². The molecular weight excluding hydrogens is 252 g/mol. The van der Waals surface area contributed by atoms with E-state index in [0.29, 0.717) is 18.1 Å². The van der Waals surface area contributed by atoms with E-state index in [-0.39, 0.29) is 11.8 Å². The van der Waals surface area contributed by atoms with Crippen LogP contribution in [0.4, 0.5) is 0 Å². The summed E-state index contributed by atoms with van der Waals surface area (Å²) in [5.74, 6) is 0.110. The summed E-state index contributed by atoms with van der Waals surface area (Å²) in [7, 11) is 1.59. The third-order valence-corrected chi connectivity index (χ3v) is 4.31. The molecule has 1 saturated carbocycles. The summed E-state index contributed by atoms with van der Waals surface area (Å²) in [4.78, 5) is 22.7. The summed E-state index contributed by atoms with van der Waals surface area (Å²) in [6.07, 6.45) is 2.83. The highest BCUT2D eigenvalue weighted by Gasteiger charge is 2.50. The second-order valence-electron chi connectivity index (χ2n) is 4.64. The van der Waals surface area contributed by atoms with Crippen LogP contribution in [-0.4, -0.2) is 47.6 Å². The Morgan fingerprint density at radius 2 is 2.11 bits per heavy atom. The number of hydrogen-bond acceptors (Lipinski definition) is 4. The number of aliphatic carboxylic acids is 1. The molecular formula is C12H22N2O3S. The Balaban J connectivity index is 2.58. The van der Waals surface area contributed by atoms with Crippen LogP contribution in [0.15, 0.2) is 0 Å². The number of thioether (sulfide) groups is 1. The van der Waals surface area contributed by atoms with Crippen molar-refractivity contribution in [1.82, 2.24) is 10.6 Å². The van der Waals surface area contributed by atoms with Gasteiger partial charge in [-0.15, -0.1) is 11.8 Å². The number of carbonyl (C=O) groups excluding carboxylic acids is 1. The molecule has 1 atom stereocenters. The first-order valence-corrected chi connectivity index (χ1v) is 7.49. The van der Waals surface area contributed by atoms with E-state index in [1.165, 1.54) is 11.8 Å². The molecule has 0 aromatic carbocycles. The minimum absolute atomic E-state index is 0.0643. The summed E-state index contributed by atoms with van der Waals surface area (Å²) < 4.78 is 0. The minimum atomic E-state index is -0.852. The van der Waals surface area contributed by atoms with Crippen LogP contribution in [0, 0.1) is 5.92 Å².